The summed E-state index contributed by atoms with van der Waals surface area (Å²) in [7, 11) is 0. The van der Waals surface area contributed by atoms with E-state index in [1.807, 2.05) is 0 Å². The van der Waals surface area contributed by atoms with Gasteiger partial charge in [0.2, 0.25) is 5.60 Å². The molecule has 5 nitrogen and oxygen atoms in total. The van der Waals surface area contributed by atoms with Gasteiger partial charge in [-0.15, -0.1) is 22.7 Å². The average Bonchev–Trinajstić information content (AvgIpc) is 3.54. The molecule has 0 radical (unpaired) electrons. The van der Waals surface area contributed by atoms with Crippen LogP contribution in [0.25, 0.3) is 0 Å². The van der Waals surface area contributed by atoms with Gasteiger partial charge in [-0.05, 0) is 22.9 Å². The summed E-state index contributed by atoms with van der Waals surface area (Å²) in [6.45, 7) is 0. The molecule has 0 saturated heterocycles. The molecule has 0 unspecified atom stereocenters. The van der Waals surface area contributed by atoms with Gasteiger partial charge in [-0.25, -0.2) is 14.0 Å². The molecule has 32 heavy (non-hydrogen) atoms. The molecule has 0 atom stereocenters. The Labute approximate surface area is 191 Å². The van der Waals surface area contributed by atoms with E-state index >= 15 is 0 Å². The highest BCUT2D eigenvalue weighted by Crippen LogP contribution is 2.36. The first-order chi connectivity index (χ1) is 15.3. The van der Waals surface area contributed by atoms with Crippen molar-refractivity contribution < 1.29 is 29.3 Å². The van der Waals surface area contributed by atoms with Gasteiger partial charge < -0.3 is 15.3 Å². The van der Waals surface area contributed by atoms with Crippen LogP contribution in [0.3, 0.4) is 0 Å². The predicted molar refractivity (Wildman–Crippen MR) is 122 cm³/mol. The molecule has 3 N–H and O–H groups in total. The molecule has 2 aromatic heterocycles. The standard InChI is InChI=1S/C14H11FO2.C10H8O3S2/c15-14(13(16)17,11-7-3-1-4-8-11)12-9-5-2-6-10-12;11-9(12)10(13,7-3-1-5-14-7)8-4-2-6-15-8/h1-10H,(H,16,17);1-6,13H,(H,11,12). The summed E-state index contributed by atoms with van der Waals surface area (Å²) < 4.78 is 14.8. The van der Waals surface area contributed by atoms with Gasteiger partial charge in [0.05, 0.1) is 9.75 Å². The quantitative estimate of drug-likeness (QED) is 0.364. The molecule has 0 fully saturated rings. The average molecular weight is 471 g/mol. The van der Waals surface area contributed by atoms with Crippen molar-refractivity contribution in [1.29, 1.82) is 0 Å². The van der Waals surface area contributed by atoms with E-state index < -0.39 is 23.2 Å². The number of aliphatic hydroxyl groups is 1. The minimum atomic E-state index is -2.50. The van der Waals surface area contributed by atoms with Crippen molar-refractivity contribution in [2.24, 2.45) is 0 Å². The lowest BCUT2D eigenvalue weighted by Crippen LogP contribution is -2.34. The van der Waals surface area contributed by atoms with Gasteiger partial charge in [0.1, 0.15) is 0 Å². The first kappa shape index (κ1) is 23.3. The van der Waals surface area contributed by atoms with Crippen molar-refractivity contribution >= 4 is 34.6 Å². The molecule has 4 aromatic rings. The summed E-state index contributed by atoms with van der Waals surface area (Å²) in [6, 6.07) is 22.5. The van der Waals surface area contributed by atoms with Crippen LogP contribution in [-0.4, -0.2) is 27.3 Å². The van der Waals surface area contributed by atoms with E-state index in [1.165, 1.54) is 46.9 Å². The first-order valence-electron chi connectivity index (χ1n) is 9.38. The lowest BCUT2D eigenvalue weighted by Gasteiger charge is -2.21. The highest BCUT2D eigenvalue weighted by atomic mass is 32.1. The van der Waals surface area contributed by atoms with Crippen molar-refractivity contribution in [2.45, 2.75) is 11.3 Å². The Kier molecular flexibility index (Phi) is 7.19. The van der Waals surface area contributed by atoms with Gasteiger partial charge in [-0.1, -0.05) is 72.8 Å². The van der Waals surface area contributed by atoms with E-state index in [0.29, 0.717) is 9.75 Å². The van der Waals surface area contributed by atoms with Crippen LogP contribution in [-0.2, 0) is 20.9 Å². The Morgan fingerprint density at radius 3 is 1.34 bits per heavy atom. The fourth-order valence-corrected chi connectivity index (χ4v) is 4.77. The monoisotopic (exact) mass is 470 g/mol. The lowest BCUT2D eigenvalue weighted by molar-refractivity contribution is -0.154. The van der Waals surface area contributed by atoms with Crippen molar-refractivity contribution in [2.75, 3.05) is 0 Å². The number of rotatable bonds is 6. The fourth-order valence-electron chi connectivity index (χ4n) is 3.05. The second kappa shape index (κ2) is 9.86. The molecule has 2 aromatic carbocycles. The highest BCUT2D eigenvalue weighted by Gasteiger charge is 2.43. The van der Waals surface area contributed by atoms with Gasteiger partial charge in [0.25, 0.3) is 5.67 Å². The molecule has 0 aliphatic heterocycles. The summed E-state index contributed by atoms with van der Waals surface area (Å²) in [4.78, 5) is 23.3. The second-order valence-electron chi connectivity index (χ2n) is 6.67. The molecule has 8 heteroatoms. The first-order valence-corrected chi connectivity index (χ1v) is 11.1. The third-order valence-corrected chi connectivity index (χ3v) is 6.66. The van der Waals surface area contributed by atoms with E-state index in [-0.39, 0.29) is 11.1 Å². The zero-order chi connectivity index (χ0) is 23.2. The number of halogens is 1. The van der Waals surface area contributed by atoms with E-state index in [0.717, 1.165) is 0 Å². The van der Waals surface area contributed by atoms with Crippen LogP contribution in [0, 0.1) is 0 Å². The van der Waals surface area contributed by atoms with E-state index in [1.54, 1.807) is 71.4 Å². The van der Waals surface area contributed by atoms with Crippen molar-refractivity contribution in [3.05, 3.63) is 117 Å². The molecular weight excluding hydrogens is 451 g/mol. The van der Waals surface area contributed by atoms with Crippen LogP contribution in [0.5, 0.6) is 0 Å². The summed E-state index contributed by atoms with van der Waals surface area (Å²) in [6.07, 6.45) is 0. The molecule has 164 valence electrons. The molecule has 0 aliphatic carbocycles. The SMILES string of the molecule is O=C(O)C(F)(c1ccccc1)c1ccccc1.O=C(O)C(O)(c1cccs1)c1cccs1. The van der Waals surface area contributed by atoms with Gasteiger partial charge in [0, 0.05) is 11.1 Å². The van der Waals surface area contributed by atoms with E-state index in [2.05, 4.69) is 0 Å². The maximum absolute atomic E-state index is 14.8. The highest BCUT2D eigenvalue weighted by molar-refractivity contribution is 7.12. The second-order valence-corrected chi connectivity index (χ2v) is 8.56. The maximum Gasteiger partial charge on any atom is 0.350 e. The molecule has 0 spiro atoms. The maximum atomic E-state index is 14.8. The lowest BCUT2D eigenvalue weighted by atomic mass is 9.88. The normalized spacial score (nSPS) is 11.3. The minimum Gasteiger partial charge on any atom is -0.479 e. The van der Waals surface area contributed by atoms with Crippen LogP contribution in [0.4, 0.5) is 4.39 Å². The zero-order valence-corrected chi connectivity index (χ0v) is 18.2. The zero-order valence-electron chi connectivity index (χ0n) is 16.6. The number of thiophene rings is 2. The van der Waals surface area contributed by atoms with Crippen molar-refractivity contribution in [3.63, 3.8) is 0 Å². The van der Waals surface area contributed by atoms with E-state index in [4.69, 9.17) is 10.2 Å². The summed E-state index contributed by atoms with van der Waals surface area (Å²) in [5.74, 6) is -2.75. The van der Waals surface area contributed by atoms with Crippen LogP contribution < -0.4 is 0 Å². The summed E-state index contributed by atoms with van der Waals surface area (Å²) in [5.41, 5.74) is -4.15. The van der Waals surface area contributed by atoms with Crippen LogP contribution in [0.1, 0.15) is 20.9 Å². The Bertz CT molecular complexity index is 1070. The van der Waals surface area contributed by atoms with Crippen molar-refractivity contribution in [3.8, 4) is 0 Å². The number of alkyl halides is 1. The minimum absolute atomic E-state index is 0.124. The summed E-state index contributed by atoms with van der Waals surface area (Å²) in [5, 5.41) is 32.0. The Balaban J connectivity index is 0.000000182. The number of carboxylic acids is 2. The van der Waals surface area contributed by atoms with Gasteiger partial charge >= 0.3 is 11.9 Å². The third-order valence-electron chi connectivity index (χ3n) is 4.70. The van der Waals surface area contributed by atoms with Gasteiger partial charge in [-0.2, -0.15) is 0 Å². The van der Waals surface area contributed by atoms with Crippen LogP contribution >= 0.6 is 22.7 Å². The molecule has 0 saturated carbocycles. The largest absolute Gasteiger partial charge is 0.479 e. The Morgan fingerprint density at radius 2 is 1.06 bits per heavy atom. The smallest absolute Gasteiger partial charge is 0.350 e. The third kappa shape index (κ3) is 4.47. The predicted octanol–water partition coefficient (Wildman–Crippen LogP) is 5.11. The van der Waals surface area contributed by atoms with Crippen molar-refractivity contribution in [1.82, 2.24) is 0 Å². The topological polar surface area (TPSA) is 94.8 Å². The van der Waals surface area contributed by atoms with Crippen LogP contribution in [0.15, 0.2) is 95.7 Å². The summed E-state index contributed by atoms with van der Waals surface area (Å²) >= 11 is 2.46. The number of hydrogen-bond donors (Lipinski definition) is 3. The van der Waals surface area contributed by atoms with Crippen LogP contribution in [0.2, 0.25) is 0 Å². The molecule has 4 rings (SSSR count). The number of hydrogen-bond acceptors (Lipinski definition) is 5. The molecule has 0 bridgehead atoms. The van der Waals surface area contributed by atoms with E-state index in [9.17, 15) is 19.1 Å². The number of carboxylic acid groups (broad SMARTS) is 2. The molecular formula is C24H19FO5S2. The Morgan fingerprint density at radius 1 is 0.656 bits per heavy atom. The number of carbonyl (C=O) groups is 2. The molecule has 0 aliphatic rings. The van der Waals surface area contributed by atoms with Gasteiger partial charge in [-0.3, -0.25) is 0 Å². The molecule has 0 amide bonds. The molecule has 2 heterocycles. The number of aliphatic carboxylic acids is 2. The van der Waals surface area contributed by atoms with Gasteiger partial charge in [0.15, 0.2) is 0 Å². The number of benzene rings is 2. The Hall–Kier alpha value is -3.33. The fraction of sp³-hybridized carbons (Fsp3) is 0.0833.